The Hall–Kier alpha value is -1.51. The van der Waals surface area contributed by atoms with Gasteiger partial charge in [0, 0.05) is 0 Å². The van der Waals surface area contributed by atoms with Crippen molar-refractivity contribution in [1.82, 2.24) is 0 Å². The Bertz CT molecular complexity index is 369. The van der Waals surface area contributed by atoms with Gasteiger partial charge in [0.05, 0.1) is 6.61 Å². The lowest BCUT2D eigenvalue weighted by Crippen LogP contribution is -2.08. The fourth-order valence-electron chi connectivity index (χ4n) is 1.34. The molecular weight excluding hydrogens is 204 g/mol. The Morgan fingerprint density at radius 2 is 2.12 bits per heavy atom. The first-order chi connectivity index (χ1) is 7.54. The highest BCUT2D eigenvalue weighted by atomic mass is 16.5. The van der Waals surface area contributed by atoms with Crippen LogP contribution in [0.15, 0.2) is 18.2 Å². The summed E-state index contributed by atoms with van der Waals surface area (Å²) in [5.41, 5.74) is 1.32. The third kappa shape index (κ3) is 3.26. The molecule has 1 aromatic carbocycles. The van der Waals surface area contributed by atoms with Gasteiger partial charge < -0.3 is 9.84 Å². The Labute approximate surface area is 96.1 Å². The summed E-state index contributed by atoms with van der Waals surface area (Å²) in [5.74, 6) is -0.0890. The van der Waals surface area contributed by atoms with Gasteiger partial charge in [0.25, 0.3) is 0 Å². The number of hydrogen-bond donors (Lipinski definition) is 1. The van der Waals surface area contributed by atoms with Crippen LogP contribution in [0, 0.1) is 5.92 Å². The van der Waals surface area contributed by atoms with Gasteiger partial charge >= 0.3 is 5.97 Å². The van der Waals surface area contributed by atoms with Crippen LogP contribution in [-0.4, -0.2) is 17.7 Å². The van der Waals surface area contributed by atoms with E-state index in [1.165, 1.54) is 0 Å². The minimum Gasteiger partial charge on any atom is -0.492 e. The second kappa shape index (κ2) is 5.54. The zero-order valence-electron chi connectivity index (χ0n) is 9.99. The van der Waals surface area contributed by atoms with Crippen molar-refractivity contribution in [3.05, 3.63) is 29.3 Å². The third-order valence-corrected chi connectivity index (χ3v) is 2.26. The van der Waals surface area contributed by atoms with Gasteiger partial charge in [-0.15, -0.1) is 0 Å². The third-order valence-electron chi connectivity index (χ3n) is 2.26. The van der Waals surface area contributed by atoms with Gasteiger partial charge in [0.1, 0.15) is 11.3 Å². The fraction of sp³-hybridized carbons (Fsp3) is 0.462. The van der Waals surface area contributed by atoms with Crippen LogP contribution in [0.3, 0.4) is 0 Å². The number of ether oxygens (including phenoxy) is 1. The summed E-state index contributed by atoms with van der Waals surface area (Å²) in [6.45, 7) is 6.63. The van der Waals surface area contributed by atoms with Crippen LogP contribution in [0.1, 0.15) is 36.7 Å². The van der Waals surface area contributed by atoms with Crippen LogP contribution in [0.25, 0.3) is 0 Å². The molecule has 0 saturated heterocycles. The van der Waals surface area contributed by atoms with Gasteiger partial charge in [0.15, 0.2) is 0 Å². The summed E-state index contributed by atoms with van der Waals surface area (Å²) in [5, 5.41) is 9.01. The molecule has 0 saturated carbocycles. The van der Waals surface area contributed by atoms with Crippen molar-refractivity contribution >= 4 is 5.97 Å². The predicted molar refractivity (Wildman–Crippen MR) is 63.1 cm³/mol. The summed E-state index contributed by atoms with van der Waals surface area (Å²) >= 11 is 0. The molecule has 0 aliphatic carbocycles. The number of hydrogen-bond acceptors (Lipinski definition) is 2. The molecule has 16 heavy (non-hydrogen) atoms. The Kier molecular flexibility index (Phi) is 4.35. The number of carboxylic acids is 1. The Morgan fingerprint density at radius 3 is 2.62 bits per heavy atom. The first-order valence-corrected chi connectivity index (χ1v) is 5.53. The van der Waals surface area contributed by atoms with Crippen LogP contribution in [0.4, 0.5) is 0 Å². The molecule has 0 radical (unpaired) electrons. The molecule has 0 heterocycles. The second-order valence-corrected chi connectivity index (χ2v) is 4.19. The molecule has 88 valence electrons. The molecule has 0 aliphatic heterocycles. The lowest BCUT2D eigenvalue weighted by molar-refractivity contribution is 0.0691. The van der Waals surface area contributed by atoms with Gasteiger partial charge in [-0.05, 0) is 30.0 Å². The fourth-order valence-corrected chi connectivity index (χ4v) is 1.34. The summed E-state index contributed by atoms with van der Waals surface area (Å²) < 4.78 is 5.52. The highest BCUT2D eigenvalue weighted by Crippen LogP contribution is 2.21. The average molecular weight is 222 g/mol. The molecule has 1 rings (SSSR count). The maximum absolute atomic E-state index is 11.0. The van der Waals surface area contributed by atoms with Crippen LogP contribution >= 0.6 is 0 Å². The number of carbonyl (C=O) groups is 1. The maximum Gasteiger partial charge on any atom is 0.339 e. The van der Waals surface area contributed by atoms with Crippen LogP contribution < -0.4 is 4.74 Å². The lowest BCUT2D eigenvalue weighted by atomic mass is 10.1. The minimum absolute atomic E-state index is 0.234. The van der Waals surface area contributed by atoms with Crippen molar-refractivity contribution < 1.29 is 14.6 Å². The zero-order valence-corrected chi connectivity index (χ0v) is 9.99. The highest BCUT2D eigenvalue weighted by molar-refractivity contribution is 5.90. The van der Waals surface area contributed by atoms with Gasteiger partial charge in [0.2, 0.25) is 0 Å². The van der Waals surface area contributed by atoms with E-state index in [2.05, 4.69) is 0 Å². The van der Waals surface area contributed by atoms with E-state index < -0.39 is 5.97 Å². The summed E-state index contributed by atoms with van der Waals surface area (Å²) in [6.07, 6.45) is 0.873. The number of aromatic carboxylic acids is 1. The molecule has 1 aromatic rings. The van der Waals surface area contributed by atoms with Crippen LogP contribution in [0.2, 0.25) is 0 Å². The van der Waals surface area contributed by atoms with Crippen molar-refractivity contribution in [1.29, 1.82) is 0 Å². The normalized spacial score (nSPS) is 10.5. The van der Waals surface area contributed by atoms with Crippen molar-refractivity contribution in [2.24, 2.45) is 5.92 Å². The molecule has 0 aliphatic rings. The molecule has 0 aromatic heterocycles. The van der Waals surface area contributed by atoms with Gasteiger partial charge in [-0.25, -0.2) is 4.79 Å². The molecule has 0 unspecified atom stereocenters. The molecule has 1 N–H and O–H groups in total. The molecule has 0 bridgehead atoms. The summed E-state index contributed by atoms with van der Waals surface area (Å²) in [7, 11) is 0. The SMILES string of the molecule is CCc1ccc(C(=O)O)c(OCC(C)C)c1. The minimum atomic E-state index is -0.943. The molecule has 3 heteroatoms. The van der Waals surface area contributed by atoms with Gasteiger partial charge in [-0.2, -0.15) is 0 Å². The van der Waals surface area contributed by atoms with E-state index in [1.54, 1.807) is 6.07 Å². The van der Waals surface area contributed by atoms with E-state index in [1.807, 2.05) is 32.9 Å². The zero-order chi connectivity index (χ0) is 12.1. The number of aryl methyl sites for hydroxylation is 1. The van der Waals surface area contributed by atoms with Crippen molar-refractivity contribution in [3.63, 3.8) is 0 Å². The molecule has 3 nitrogen and oxygen atoms in total. The molecule has 0 atom stereocenters. The Morgan fingerprint density at radius 1 is 1.44 bits per heavy atom. The molecule has 0 fully saturated rings. The van der Waals surface area contributed by atoms with Crippen molar-refractivity contribution in [2.75, 3.05) is 6.61 Å². The highest BCUT2D eigenvalue weighted by Gasteiger charge is 2.12. The van der Waals surface area contributed by atoms with E-state index in [9.17, 15) is 4.79 Å². The second-order valence-electron chi connectivity index (χ2n) is 4.19. The maximum atomic E-state index is 11.0. The van der Waals surface area contributed by atoms with E-state index in [0.717, 1.165) is 12.0 Å². The van der Waals surface area contributed by atoms with Crippen molar-refractivity contribution in [3.8, 4) is 5.75 Å². The predicted octanol–water partition coefficient (Wildman–Crippen LogP) is 2.98. The van der Waals surface area contributed by atoms with E-state index in [0.29, 0.717) is 18.3 Å². The quantitative estimate of drug-likeness (QED) is 0.833. The number of rotatable bonds is 5. The van der Waals surface area contributed by atoms with Gasteiger partial charge in [-0.3, -0.25) is 0 Å². The van der Waals surface area contributed by atoms with Crippen molar-refractivity contribution in [2.45, 2.75) is 27.2 Å². The first kappa shape index (κ1) is 12.6. The topological polar surface area (TPSA) is 46.5 Å². The summed E-state index contributed by atoms with van der Waals surface area (Å²) in [4.78, 5) is 11.0. The van der Waals surface area contributed by atoms with E-state index in [4.69, 9.17) is 9.84 Å². The smallest absolute Gasteiger partial charge is 0.339 e. The monoisotopic (exact) mass is 222 g/mol. The van der Waals surface area contributed by atoms with E-state index in [-0.39, 0.29) is 5.56 Å². The average Bonchev–Trinajstić information content (AvgIpc) is 2.25. The molecule has 0 amide bonds. The van der Waals surface area contributed by atoms with E-state index >= 15 is 0 Å². The van der Waals surface area contributed by atoms with Gasteiger partial charge in [-0.1, -0.05) is 26.8 Å². The first-order valence-electron chi connectivity index (χ1n) is 5.53. The number of carboxylic acid groups (broad SMARTS) is 1. The standard InChI is InChI=1S/C13H18O3/c1-4-10-5-6-11(13(14)15)12(7-10)16-8-9(2)3/h5-7,9H,4,8H2,1-3H3,(H,14,15). The van der Waals surface area contributed by atoms with Crippen LogP contribution in [0.5, 0.6) is 5.75 Å². The largest absolute Gasteiger partial charge is 0.492 e. The van der Waals surface area contributed by atoms with Crippen LogP contribution in [-0.2, 0) is 6.42 Å². The molecule has 0 spiro atoms. The molecular formula is C13H18O3. The number of benzene rings is 1. The Balaban J connectivity index is 2.96. The summed E-state index contributed by atoms with van der Waals surface area (Å²) in [6, 6.07) is 5.24. The lowest BCUT2D eigenvalue weighted by Gasteiger charge is -2.12.